The van der Waals surface area contributed by atoms with Crippen LogP contribution in [-0.2, 0) is 20.9 Å². The summed E-state index contributed by atoms with van der Waals surface area (Å²) >= 11 is 12.9. The van der Waals surface area contributed by atoms with Gasteiger partial charge in [-0.05, 0) is 67.1 Å². The van der Waals surface area contributed by atoms with Gasteiger partial charge < -0.3 is 9.47 Å². The van der Waals surface area contributed by atoms with Gasteiger partial charge in [0.2, 0.25) is 0 Å². The predicted octanol–water partition coefficient (Wildman–Crippen LogP) is 5.95. The summed E-state index contributed by atoms with van der Waals surface area (Å²) in [5.74, 6) is -0.713. The average Bonchev–Trinajstić information content (AvgIpc) is 3.00. The lowest BCUT2D eigenvalue weighted by Gasteiger charge is -2.15. The number of rotatable bonds is 8. The van der Waals surface area contributed by atoms with E-state index >= 15 is 0 Å². The number of amides is 2. The largest absolute Gasteiger partial charge is 0.488 e. The maximum Gasteiger partial charge on any atom is 0.326 e. The molecule has 0 N–H and O–H groups in total. The Labute approximate surface area is 200 Å². The maximum absolute atomic E-state index is 12.7. The Kier molecular flexibility index (Phi) is 8.23. The normalized spacial score (nSPS) is 15.9. The van der Waals surface area contributed by atoms with Gasteiger partial charge in [0.1, 0.15) is 18.9 Å². The molecule has 1 atom stereocenters. The highest BCUT2D eigenvalue weighted by Gasteiger charge is 2.37. The third-order valence-electron chi connectivity index (χ3n) is 4.61. The molecule has 168 valence electrons. The van der Waals surface area contributed by atoms with Crippen LogP contribution in [0, 0.1) is 0 Å². The highest BCUT2D eigenvalue weighted by atomic mass is 35.5. The van der Waals surface area contributed by atoms with E-state index in [2.05, 4.69) is 0 Å². The second kappa shape index (κ2) is 10.9. The molecule has 1 aliphatic rings. The van der Waals surface area contributed by atoms with Crippen LogP contribution in [-0.4, -0.2) is 34.7 Å². The molecule has 0 spiro atoms. The Bertz CT molecular complexity index is 1070. The van der Waals surface area contributed by atoms with Crippen LogP contribution < -0.4 is 4.74 Å². The van der Waals surface area contributed by atoms with Crippen LogP contribution in [0.2, 0.25) is 10.0 Å². The first kappa shape index (κ1) is 24.2. The monoisotopic (exact) mass is 493 g/mol. The van der Waals surface area contributed by atoms with E-state index in [4.69, 9.17) is 32.7 Å². The SMILES string of the molecule is CC[C@@H](C)OC(=O)CN1C(=O)S/C(=C/c2cc(Cl)ccc2OCc2cccc(Cl)c2)C1=O. The molecule has 1 heterocycles. The first-order valence-corrected chi connectivity index (χ1v) is 11.5. The number of ether oxygens (including phenoxy) is 2. The summed E-state index contributed by atoms with van der Waals surface area (Å²) in [7, 11) is 0. The molecule has 6 nitrogen and oxygen atoms in total. The lowest BCUT2D eigenvalue weighted by molar-refractivity contribution is -0.150. The Morgan fingerprint density at radius 3 is 2.62 bits per heavy atom. The number of imide groups is 1. The fraction of sp³-hybridized carbons (Fsp3) is 0.261. The zero-order valence-electron chi connectivity index (χ0n) is 17.5. The number of thioether (sulfide) groups is 1. The van der Waals surface area contributed by atoms with Gasteiger partial charge in [0.25, 0.3) is 11.1 Å². The average molecular weight is 494 g/mol. The number of hydrogen-bond donors (Lipinski definition) is 0. The molecule has 2 aromatic carbocycles. The number of esters is 1. The highest BCUT2D eigenvalue weighted by Crippen LogP contribution is 2.35. The lowest BCUT2D eigenvalue weighted by Crippen LogP contribution is -2.35. The summed E-state index contributed by atoms with van der Waals surface area (Å²) < 4.78 is 11.1. The van der Waals surface area contributed by atoms with Crippen molar-refractivity contribution in [3.63, 3.8) is 0 Å². The second-order valence-corrected chi connectivity index (χ2v) is 8.94. The van der Waals surface area contributed by atoms with E-state index in [-0.39, 0.29) is 17.6 Å². The minimum Gasteiger partial charge on any atom is -0.488 e. The molecule has 0 unspecified atom stereocenters. The van der Waals surface area contributed by atoms with Crippen LogP contribution in [0.1, 0.15) is 31.4 Å². The van der Waals surface area contributed by atoms with Crippen molar-refractivity contribution >= 4 is 58.2 Å². The molecule has 9 heteroatoms. The number of halogens is 2. The standard InChI is InChI=1S/C23H21Cl2NO5S/c1-3-14(2)31-21(27)12-26-22(28)20(32-23(26)29)11-16-10-18(25)7-8-19(16)30-13-15-5-4-6-17(24)9-15/h4-11,14H,3,12-13H2,1-2H3/b20-11+/t14-/m1/s1. The highest BCUT2D eigenvalue weighted by molar-refractivity contribution is 8.18. The smallest absolute Gasteiger partial charge is 0.326 e. The molecule has 2 aromatic rings. The Morgan fingerprint density at radius 2 is 1.91 bits per heavy atom. The first-order chi connectivity index (χ1) is 15.3. The molecule has 1 aliphatic heterocycles. The van der Waals surface area contributed by atoms with Gasteiger partial charge in [-0.2, -0.15) is 0 Å². The number of carbonyl (C=O) groups excluding carboxylic acids is 3. The van der Waals surface area contributed by atoms with Crippen molar-refractivity contribution in [2.45, 2.75) is 33.0 Å². The fourth-order valence-corrected chi connectivity index (χ4v) is 4.03. The summed E-state index contributed by atoms with van der Waals surface area (Å²) in [6.07, 6.45) is 1.88. The number of carbonyl (C=O) groups is 3. The van der Waals surface area contributed by atoms with Crippen molar-refractivity contribution in [1.82, 2.24) is 4.90 Å². The molecule has 32 heavy (non-hydrogen) atoms. The fourth-order valence-electron chi connectivity index (χ4n) is 2.80. The molecule has 2 amide bonds. The van der Waals surface area contributed by atoms with Gasteiger partial charge in [-0.3, -0.25) is 19.3 Å². The zero-order chi connectivity index (χ0) is 23.3. The Morgan fingerprint density at radius 1 is 1.16 bits per heavy atom. The van der Waals surface area contributed by atoms with Crippen LogP contribution in [0.5, 0.6) is 5.75 Å². The van der Waals surface area contributed by atoms with E-state index in [0.717, 1.165) is 22.2 Å². The maximum atomic E-state index is 12.7. The molecule has 0 bridgehead atoms. The van der Waals surface area contributed by atoms with Gasteiger partial charge in [-0.25, -0.2) is 0 Å². The molecule has 0 aliphatic carbocycles. The summed E-state index contributed by atoms with van der Waals surface area (Å²) in [6.45, 7) is 3.44. The van der Waals surface area contributed by atoms with Gasteiger partial charge in [-0.1, -0.05) is 42.3 Å². The van der Waals surface area contributed by atoms with Crippen LogP contribution in [0.15, 0.2) is 47.4 Å². The van der Waals surface area contributed by atoms with Crippen LogP contribution in [0.25, 0.3) is 6.08 Å². The molecule has 3 rings (SSSR count). The molecular weight excluding hydrogens is 473 g/mol. The molecule has 0 aromatic heterocycles. The predicted molar refractivity (Wildman–Crippen MR) is 126 cm³/mol. The minimum atomic E-state index is -0.629. The minimum absolute atomic E-state index is 0.168. The van der Waals surface area contributed by atoms with Crippen molar-refractivity contribution < 1.29 is 23.9 Å². The third kappa shape index (κ3) is 6.28. The Hall–Kier alpha value is -2.48. The number of hydrogen-bond acceptors (Lipinski definition) is 6. The van der Waals surface area contributed by atoms with Crippen molar-refractivity contribution in [2.24, 2.45) is 0 Å². The molecule has 1 fully saturated rings. The zero-order valence-corrected chi connectivity index (χ0v) is 19.8. The summed E-state index contributed by atoms with van der Waals surface area (Å²) in [5.41, 5.74) is 1.41. The third-order valence-corrected chi connectivity index (χ3v) is 5.99. The van der Waals surface area contributed by atoms with Gasteiger partial charge in [0, 0.05) is 15.6 Å². The lowest BCUT2D eigenvalue weighted by atomic mass is 10.1. The summed E-state index contributed by atoms with van der Waals surface area (Å²) in [4.78, 5) is 38.1. The van der Waals surface area contributed by atoms with Crippen LogP contribution >= 0.6 is 35.0 Å². The topological polar surface area (TPSA) is 72.9 Å². The van der Waals surface area contributed by atoms with Crippen molar-refractivity contribution in [3.05, 3.63) is 68.5 Å². The summed E-state index contributed by atoms with van der Waals surface area (Å²) in [5, 5.41) is 0.511. The van der Waals surface area contributed by atoms with Crippen LogP contribution in [0.3, 0.4) is 0 Å². The summed E-state index contributed by atoms with van der Waals surface area (Å²) in [6, 6.07) is 12.3. The van der Waals surface area contributed by atoms with E-state index in [1.54, 1.807) is 37.3 Å². The van der Waals surface area contributed by atoms with E-state index in [0.29, 0.717) is 27.8 Å². The van der Waals surface area contributed by atoms with Gasteiger partial charge in [0.05, 0.1) is 11.0 Å². The quantitative estimate of drug-likeness (QED) is 0.334. The second-order valence-electron chi connectivity index (χ2n) is 7.08. The van der Waals surface area contributed by atoms with Crippen LogP contribution in [0.4, 0.5) is 4.79 Å². The van der Waals surface area contributed by atoms with Gasteiger partial charge in [-0.15, -0.1) is 0 Å². The Balaban J connectivity index is 1.77. The van der Waals surface area contributed by atoms with Crippen molar-refractivity contribution in [2.75, 3.05) is 6.54 Å². The molecule has 0 saturated carbocycles. The van der Waals surface area contributed by atoms with Gasteiger partial charge in [0.15, 0.2) is 0 Å². The van der Waals surface area contributed by atoms with Gasteiger partial charge >= 0.3 is 5.97 Å². The first-order valence-electron chi connectivity index (χ1n) is 9.88. The van der Waals surface area contributed by atoms with Crippen molar-refractivity contribution in [1.29, 1.82) is 0 Å². The van der Waals surface area contributed by atoms with E-state index in [1.807, 2.05) is 19.1 Å². The molecule has 0 radical (unpaired) electrons. The number of nitrogens with zero attached hydrogens (tertiary/aromatic N) is 1. The molecular formula is C23H21Cl2NO5S. The van der Waals surface area contributed by atoms with E-state index < -0.39 is 23.7 Å². The van der Waals surface area contributed by atoms with Crippen molar-refractivity contribution in [3.8, 4) is 5.75 Å². The van der Waals surface area contributed by atoms with E-state index in [9.17, 15) is 14.4 Å². The van der Waals surface area contributed by atoms with E-state index in [1.165, 1.54) is 6.08 Å². The molecule has 1 saturated heterocycles. The number of benzene rings is 2.